The van der Waals surface area contributed by atoms with Crippen molar-refractivity contribution in [1.82, 2.24) is 4.90 Å². The maximum atomic E-state index is 6.06. The molecule has 0 aliphatic carbocycles. The fourth-order valence-corrected chi connectivity index (χ4v) is 2.24. The quantitative estimate of drug-likeness (QED) is 0.855. The molecule has 1 aliphatic rings. The minimum absolute atomic E-state index is 0. The lowest BCUT2D eigenvalue weighted by Crippen LogP contribution is -2.42. The van der Waals surface area contributed by atoms with Gasteiger partial charge in [-0.05, 0) is 24.2 Å². The Kier molecular flexibility index (Phi) is 7.84. The molecule has 0 saturated carbocycles. The number of hydrogen-bond acceptors (Lipinski definition) is 4. The minimum Gasteiger partial charge on any atom is -0.469 e. The molecule has 1 aromatic carbocycles. The van der Waals surface area contributed by atoms with Gasteiger partial charge in [-0.1, -0.05) is 30.3 Å². The molecule has 0 aromatic heterocycles. The van der Waals surface area contributed by atoms with Gasteiger partial charge in [-0.3, -0.25) is 0 Å². The number of rotatable bonds is 4. The van der Waals surface area contributed by atoms with Crippen LogP contribution in [0.4, 0.5) is 0 Å². The van der Waals surface area contributed by atoms with Gasteiger partial charge < -0.3 is 20.1 Å². The van der Waals surface area contributed by atoms with Crippen molar-refractivity contribution < 1.29 is 9.47 Å². The molecule has 1 aromatic rings. The minimum atomic E-state index is -0.0404. The largest absolute Gasteiger partial charge is 0.469 e. The van der Waals surface area contributed by atoms with E-state index in [0.717, 1.165) is 19.5 Å². The van der Waals surface area contributed by atoms with E-state index < -0.39 is 0 Å². The number of benzene rings is 1. The topological polar surface area (TPSA) is 47.7 Å². The molecule has 0 spiro atoms. The Balaban J connectivity index is 0.00000200. The van der Waals surface area contributed by atoms with Crippen LogP contribution in [0.5, 0.6) is 0 Å². The van der Waals surface area contributed by atoms with Crippen LogP contribution in [-0.4, -0.2) is 49.0 Å². The molecular formula is C14H21ClN2O2S. The second-order valence-corrected chi connectivity index (χ2v) is 4.98. The molecule has 20 heavy (non-hydrogen) atoms. The highest BCUT2D eigenvalue weighted by molar-refractivity contribution is 7.80. The molecule has 0 amide bonds. The Morgan fingerprint density at radius 3 is 2.60 bits per heavy atom. The average Bonchev–Trinajstić information content (AvgIpc) is 2.47. The summed E-state index contributed by atoms with van der Waals surface area (Å²) >= 11 is 5.25. The van der Waals surface area contributed by atoms with E-state index >= 15 is 0 Å². The van der Waals surface area contributed by atoms with Crippen molar-refractivity contribution in [2.75, 3.05) is 32.9 Å². The molecule has 1 fully saturated rings. The first kappa shape index (κ1) is 17.2. The molecule has 1 atom stereocenters. The maximum absolute atomic E-state index is 6.06. The molecule has 1 aliphatic heterocycles. The van der Waals surface area contributed by atoms with Crippen molar-refractivity contribution in [1.29, 1.82) is 0 Å². The first-order valence-corrected chi connectivity index (χ1v) is 6.95. The summed E-state index contributed by atoms with van der Waals surface area (Å²) in [5.41, 5.74) is 7.27. The highest BCUT2D eigenvalue weighted by Crippen LogP contribution is 2.04. The van der Waals surface area contributed by atoms with Crippen molar-refractivity contribution in [3.63, 3.8) is 0 Å². The van der Waals surface area contributed by atoms with Gasteiger partial charge in [-0.25, -0.2) is 0 Å². The number of hydrogen-bond donors (Lipinski definition) is 1. The van der Waals surface area contributed by atoms with Gasteiger partial charge in [-0.2, -0.15) is 0 Å². The number of morpholine rings is 1. The third kappa shape index (κ3) is 5.63. The van der Waals surface area contributed by atoms with Gasteiger partial charge in [0.25, 0.3) is 5.17 Å². The second-order valence-electron chi connectivity index (χ2n) is 4.63. The first-order valence-electron chi connectivity index (χ1n) is 6.54. The van der Waals surface area contributed by atoms with Gasteiger partial charge in [0.2, 0.25) is 0 Å². The van der Waals surface area contributed by atoms with Crippen molar-refractivity contribution in [2.24, 2.45) is 5.73 Å². The molecule has 0 unspecified atom stereocenters. The predicted octanol–water partition coefficient (Wildman–Crippen LogP) is 1.61. The smallest absolute Gasteiger partial charge is 0.259 e. The Morgan fingerprint density at radius 1 is 1.30 bits per heavy atom. The lowest BCUT2D eigenvalue weighted by molar-refractivity contribution is 0.0568. The van der Waals surface area contributed by atoms with Crippen LogP contribution >= 0.6 is 24.6 Å². The molecule has 2 rings (SSSR count). The van der Waals surface area contributed by atoms with E-state index in [1.165, 1.54) is 5.56 Å². The van der Waals surface area contributed by atoms with E-state index in [1.807, 2.05) is 23.1 Å². The number of nitrogens with zero attached hydrogens (tertiary/aromatic N) is 1. The van der Waals surface area contributed by atoms with Crippen LogP contribution in [-0.2, 0) is 15.9 Å². The van der Waals surface area contributed by atoms with Crippen LogP contribution in [0.3, 0.4) is 0 Å². The Hall–Kier alpha value is -0.880. The van der Waals surface area contributed by atoms with Crippen LogP contribution in [0, 0.1) is 0 Å². The van der Waals surface area contributed by atoms with Crippen molar-refractivity contribution in [3.8, 4) is 0 Å². The zero-order chi connectivity index (χ0) is 13.5. The number of ether oxygens (including phenoxy) is 2. The molecular weight excluding hydrogens is 296 g/mol. The summed E-state index contributed by atoms with van der Waals surface area (Å²) in [6.45, 7) is 3.46. The van der Waals surface area contributed by atoms with Gasteiger partial charge in [0, 0.05) is 19.1 Å². The van der Waals surface area contributed by atoms with Gasteiger partial charge in [-0.15, -0.1) is 12.4 Å². The van der Waals surface area contributed by atoms with Gasteiger partial charge in [0.1, 0.15) is 6.61 Å². The highest BCUT2D eigenvalue weighted by atomic mass is 35.5. The van der Waals surface area contributed by atoms with E-state index in [0.29, 0.717) is 25.0 Å². The lowest BCUT2D eigenvalue weighted by Gasteiger charge is -2.29. The Labute approximate surface area is 131 Å². The summed E-state index contributed by atoms with van der Waals surface area (Å²) in [5.74, 6) is 0. The second kappa shape index (κ2) is 9.13. The van der Waals surface area contributed by atoms with Gasteiger partial charge in [0.05, 0.1) is 13.2 Å². The zero-order valence-electron chi connectivity index (χ0n) is 11.4. The molecule has 1 heterocycles. The standard InChI is InChI=1S/C14H20N2O2S.ClH/c15-13(10-12-4-2-1-3-5-12)11-18-14(19)16-6-8-17-9-7-16;/h1-5,13H,6-11,15H2;1H/t13-;/m1./s1. The lowest BCUT2D eigenvalue weighted by atomic mass is 10.1. The first-order chi connectivity index (χ1) is 9.25. The predicted molar refractivity (Wildman–Crippen MR) is 86.3 cm³/mol. The highest BCUT2D eigenvalue weighted by Gasteiger charge is 2.15. The zero-order valence-corrected chi connectivity index (χ0v) is 13.0. The van der Waals surface area contributed by atoms with Crippen LogP contribution in [0.1, 0.15) is 5.56 Å². The molecule has 2 N–H and O–H groups in total. The Morgan fingerprint density at radius 2 is 1.95 bits per heavy atom. The third-order valence-electron chi connectivity index (χ3n) is 3.03. The summed E-state index contributed by atoms with van der Waals surface area (Å²) in [7, 11) is 0. The van der Waals surface area contributed by atoms with Crippen LogP contribution in [0.25, 0.3) is 0 Å². The van der Waals surface area contributed by atoms with Crippen LogP contribution < -0.4 is 5.73 Å². The van der Waals surface area contributed by atoms with E-state index in [1.54, 1.807) is 0 Å². The monoisotopic (exact) mass is 316 g/mol. The number of nitrogens with two attached hydrogens (primary N) is 1. The molecule has 0 bridgehead atoms. The SMILES string of the molecule is Cl.N[C@@H](COC(=S)N1CCOCC1)Cc1ccccc1. The molecule has 6 heteroatoms. The van der Waals surface area contributed by atoms with Crippen molar-refractivity contribution in [2.45, 2.75) is 12.5 Å². The van der Waals surface area contributed by atoms with Crippen molar-refractivity contribution in [3.05, 3.63) is 35.9 Å². The fraction of sp³-hybridized carbons (Fsp3) is 0.500. The van der Waals surface area contributed by atoms with E-state index in [4.69, 9.17) is 27.4 Å². The molecule has 0 radical (unpaired) electrons. The molecule has 1 saturated heterocycles. The number of halogens is 1. The van der Waals surface area contributed by atoms with E-state index in [9.17, 15) is 0 Å². The summed E-state index contributed by atoms with van der Waals surface area (Å²) in [6.07, 6.45) is 0.798. The van der Waals surface area contributed by atoms with Crippen LogP contribution in [0.2, 0.25) is 0 Å². The van der Waals surface area contributed by atoms with Crippen molar-refractivity contribution >= 4 is 29.8 Å². The average molecular weight is 317 g/mol. The fourth-order valence-electron chi connectivity index (χ4n) is 1.99. The number of thiocarbonyl (C=S) groups is 1. The third-order valence-corrected chi connectivity index (χ3v) is 3.41. The van der Waals surface area contributed by atoms with Gasteiger partial charge in [0.15, 0.2) is 0 Å². The Bertz CT molecular complexity index is 399. The summed E-state index contributed by atoms with van der Waals surface area (Å²) < 4.78 is 10.9. The van der Waals surface area contributed by atoms with Gasteiger partial charge >= 0.3 is 0 Å². The normalized spacial score (nSPS) is 16.1. The molecule has 4 nitrogen and oxygen atoms in total. The molecule has 112 valence electrons. The summed E-state index contributed by atoms with van der Waals surface area (Å²) in [6, 6.07) is 10.1. The summed E-state index contributed by atoms with van der Waals surface area (Å²) in [4.78, 5) is 2.02. The summed E-state index contributed by atoms with van der Waals surface area (Å²) in [5, 5.41) is 0.534. The maximum Gasteiger partial charge on any atom is 0.259 e. The van der Waals surface area contributed by atoms with E-state index in [-0.39, 0.29) is 18.4 Å². The van der Waals surface area contributed by atoms with Crippen LogP contribution in [0.15, 0.2) is 30.3 Å². The van der Waals surface area contributed by atoms with E-state index in [2.05, 4.69) is 12.1 Å².